The van der Waals surface area contributed by atoms with Crippen LogP contribution in [0.3, 0.4) is 0 Å². The quantitative estimate of drug-likeness (QED) is 0.529. The van der Waals surface area contributed by atoms with Gasteiger partial charge < -0.3 is 0 Å². The lowest BCUT2D eigenvalue weighted by molar-refractivity contribution is 0.349. The van der Waals surface area contributed by atoms with E-state index in [1.165, 1.54) is 18.4 Å². The van der Waals surface area contributed by atoms with Crippen molar-refractivity contribution in [1.82, 2.24) is 0 Å². The molecule has 1 aromatic carbocycles. The number of benzene rings is 1. The summed E-state index contributed by atoms with van der Waals surface area (Å²) in [7, 11) is 0. The van der Waals surface area contributed by atoms with Crippen molar-refractivity contribution >= 4 is 39.1 Å². The first kappa shape index (κ1) is 16.3. The highest BCUT2D eigenvalue weighted by molar-refractivity contribution is 9.10. The van der Waals surface area contributed by atoms with E-state index in [2.05, 4.69) is 54.0 Å². The summed E-state index contributed by atoms with van der Waals surface area (Å²) in [5, 5.41) is 0. The van der Waals surface area contributed by atoms with Crippen LogP contribution in [0.25, 0.3) is 0 Å². The average Bonchev–Trinajstić information content (AvgIpc) is 2.42. The van der Waals surface area contributed by atoms with Crippen LogP contribution in [0.15, 0.2) is 28.7 Å². The van der Waals surface area contributed by atoms with E-state index in [1.54, 1.807) is 0 Å². The number of hydrogen-bond donors (Lipinski definition) is 0. The van der Waals surface area contributed by atoms with Crippen LogP contribution in [0, 0.1) is 5.92 Å². The van der Waals surface area contributed by atoms with Crippen LogP contribution in [0.5, 0.6) is 0 Å². The number of halogens is 3. The van der Waals surface area contributed by atoms with Gasteiger partial charge in [0.25, 0.3) is 0 Å². The van der Waals surface area contributed by atoms with Crippen molar-refractivity contribution in [3.8, 4) is 0 Å². The highest BCUT2D eigenvalue weighted by Crippen LogP contribution is 2.36. The van der Waals surface area contributed by atoms with Gasteiger partial charge in [0.1, 0.15) is 0 Å². The Balaban J connectivity index is 3.02. The van der Waals surface area contributed by atoms with Gasteiger partial charge in [-0.2, -0.15) is 0 Å². The maximum atomic E-state index is 6.26. The van der Waals surface area contributed by atoms with Gasteiger partial charge in [-0.1, -0.05) is 54.8 Å². The largest absolute Gasteiger partial charge is 0.126 e. The molecule has 1 aromatic rings. The SMILES string of the molecule is CCC(CC)CC(CCl)(CCl)c1ccc(Br)cc1. The molecule has 0 unspecified atom stereocenters. The van der Waals surface area contributed by atoms with Crippen LogP contribution >= 0.6 is 39.1 Å². The summed E-state index contributed by atoms with van der Waals surface area (Å²) in [6.45, 7) is 4.48. The van der Waals surface area contributed by atoms with E-state index in [4.69, 9.17) is 23.2 Å². The van der Waals surface area contributed by atoms with E-state index in [0.29, 0.717) is 17.7 Å². The predicted molar refractivity (Wildman–Crippen MR) is 85.9 cm³/mol. The molecule has 0 amide bonds. The Labute approximate surface area is 129 Å². The van der Waals surface area contributed by atoms with Gasteiger partial charge in [0.15, 0.2) is 0 Å². The normalized spacial score (nSPS) is 12.1. The lowest BCUT2D eigenvalue weighted by atomic mass is 9.75. The van der Waals surface area contributed by atoms with Crippen molar-refractivity contribution in [3.63, 3.8) is 0 Å². The zero-order valence-electron chi connectivity index (χ0n) is 11.1. The molecule has 0 N–H and O–H groups in total. The van der Waals surface area contributed by atoms with Crippen molar-refractivity contribution in [2.75, 3.05) is 11.8 Å². The first-order chi connectivity index (χ1) is 8.61. The number of hydrogen-bond acceptors (Lipinski definition) is 0. The maximum absolute atomic E-state index is 6.26. The number of rotatable bonds is 7. The van der Waals surface area contributed by atoms with Gasteiger partial charge >= 0.3 is 0 Å². The van der Waals surface area contributed by atoms with Gasteiger partial charge in [-0.3, -0.25) is 0 Å². The van der Waals surface area contributed by atoms with E-state index < -0.39 is 0 Å². The molecular weight excluding hydrogens is 331 g/mol. The van der Waals surface area contributed by atoms with Crippen LogP contribution in [0.4, 0.5) is 0 Å². The van der Waals surface area contributed by atoms with Crippen molar-refractivity contribution < 1.29 is 0 Å². The van der Waals surface area contributed by atoms with Crippen LogP contribution in [-0.2, 0) is 5.41 Å². The summed E-state index contributed by atoms with van der Waals surface area (Å²) in [5.74, 6) is 1.84. The molecule has 0 nitrogen and oxygen atoms in total. The molecule has 0 spiro atoms. The van der Waals surface area contributed by atoms with Gasteiger partial charge in [-0.05, 0) is 30.0 Å². The zero-order valence-corrected chi connectivity index (χ0v) is 14.2. The third-order valence-electron chi connectivity index (χ3n) is 3.80. The summed E-state index contributed by atoms with van der Waals surface area (Å²) in [6.07, 6.45) is 3.43. The second kappa shape index (κ2) is 7.77. The molecule has 0 aliphatic rings. The minimum Gasteiger partial charge on any atom is -0.126 e. The van der Waals surface area contributed by atoms with Gasteiger partial charge in [-0.25, -0.2) is 0 Å². The van der Waals surface area contributed by atoms with E-state index >= 15 is 0 Å². The Hall–Kier alpha value is 0.280. The summed E-state index contributed by atoms with van der Waals surface area (Å²) < 4.78 is 1.09. The Morgan fingerprint density at radius 3 is 1.94 bits per heavy atom. The molecule has 0 aromatic heterocycles. The first-order valence-corrected chi connectivity index (χ1v) is 8.36. The smallest absolute Gasteiger partial charge is 0.0332 e. The Kier molecular flexibility index (Phi) is 7.05. The van der Waals surface area contributed by atoms with E-state index in [0.717, 1.165) is 10.9 Å². The molecule has 0 saturated heterocycles. The molecule has 0 fully saturated rings. The molecule has 18 heavy (non-hydrogen) atoms. The summed E-state index contributed by atoms with van der Waals surface area (Å²) in [4.78, 5) is 0. The average molecular weight is 352 g/mol. The van der Waals surface area contributed by atoms with Crippen molar-refractivity contribution in [1.29, 1.82) is 0 Å². The standard InChI is InChI=1S/C15H21BrCl2/c1-3-12(4-2)9-15(10-17,11-18)13-5-7-14(16)8-6-13/h5-8,12H,3-4,9-11H2,1-2H3. The third-order valence-corrected chi connectivity index (χ3v) is 5.35. The summed E-state index contributed by atoms with van der Waals surface area (Å²) in [5.41, 5.74) is 1.16. The first-order valence-electron chi connectivity index (χ1n) is 6.49. The monoisotopic (exact) mass is 350 g/mol. The molecule has 0 aliphatic carbocycles. The lowest BCUT2D eigenvalue weighted by Crippen LogP contribution is -2.33. The molecule has 102 valence electrons. The van der Waals surface area contributed by atoms with Crippen molar-refractivity contribution in [2.45, 2.75) is 38.5 Å². The fourth-order valence-corrected chi connectivity index (χ4v) is 3.43. The Bertz CT molecular complexity index is 340. The summed E-state index contributed by atoms with van der Waals surface area (Å²) >= 11 is 16.0. The van der Waals surface area contributed by atoms with Gasteiger partial charge in [0.2, 0.25) is 0 Å². The highest BCUT2D eigenvalue weighted by atomic mass is 79.9. The molecule has 1 rings (SSSR count). The van der Waals surface area contributed by atoms with E-state index in [9.17, 15) is 0 Å². The molecule has 0 bridgehead atoms. The minimum absolute atomic E-state index is 0.0967. The zero-order chi connectivity index (χ0) is 13.6. The number of alkyl halides is 2. The highest BCUT2D eigenvalue weighted by Gasteiger charge is 2.32. The topological polar surface area (TPSA) is 0 Å². The molecule has 0 atom stereocenters. The van der Waals surface area contributed by atoms with Crippen LogP contribution in [-0.4, -0.2) is 11.8 Å². The lowest BCUT2D eigenvalue weighted by Gasteiger charge is -2.33. The maximum Gasteiger partial charge on any atom is 0.0332 e. The molecule has 0 radical (unpaired) electrons. The van der Waals surface area contributed by atoms with E-state index in [1.807, 2.05) is 0 Å². The molecular formula is C15H21BrCl2. The summed E-state index contributed by atoms with van der Waals surface area (Å²) in [6, 6.07) is 8.40. The predicted octanol–water partition coefficient (Wildman–Crippen LogP) is 5.99. The van der Waals surface area contributed by atoms with Gasteiger partial charge in [0.05, 0.1) is 0 Å². The fourth-order valence-electron chi connectivity index (χ4n) is 2.35. The van der Waals surface area contributed by atoms with Crippen LogP contribution in [0.2, 0.25) is 0 Å². The van der Waals surface area contributed by atoms with Crippen molar-refractivity contribution in [3.05, 3.63) is 34.3 Å². The fraction of sp³-hybridized carbons (Fsp3) is 0.600. The minimum atomic E-state index is -0.0967. The van der Waals surface area contributed by atoms with Gasteiger partial charge in [0, 0.05) is 21.6 Å². The molecule has 0 aliphatic heterocycles. The Morgan fingerprint density at radius 2 is 1.56 bits per heavy atom. The molecule has 3 heteroatoms. The molecule has 0 heterocycles. The van der Waals surface area contributed by atoms with Crippen LogP contribution < -0.4 is 0 Å². The second-order valence-electron chi connectivity index (χ2n) is 4.94. The Morgan fingerprint density at radius 1 is 1.06 bits per heavy atom. The molecule has 0 saturated carbocycles. The second-order valence-corrected chi connectivity index (χ2v) is 6.39. The van der Waals surface area contributed by atoms with Crippen LogP contribution in [0.1, 0.15) is 38.7 Å². The third kappa shape index (κ3) is 3.88. The van der Waals surface area contributed by atoms with E-state index in [-0.39, 0.29) is 5.41 Å². The van der Waals surface area contributed by atoms with Gasteiger partial charge in [-0.15, -0.1) is 23.2 Å². The van der Waals surface area contributed by atoms with Crippen molar-refractivity contribution in [2.24, 2.45) is 5.92 Å².